The van der Waals surface area contributed by atoms with E-state index in [0.717, 1.165) is 13.1 Å². The summed E-state index contributed by atoms with van der Waals surface area (Å²) in [5, 5.41) is 0. The van der Waals surface area contributed by atoms with Gasteiger partial charge in [0.05, 0.1) is 12.2 Å². The summed E-state index contributed by atoms with van der Waals surface area (Å²) in [7, 11) is 0. The molecule has 0 aromatic heterocycles. The Morgan fingerprint density at radius 1 is 1.45 bits per heavy atom. The fourth-order valence-electron chi connectivity index (χ4n) is 1.49. The van der Waals surface area contributed by atoms with Crippen LogP contribution in [0.1, 0.15) is 27.2 Å². The number of hydrogen-bond donors (Lipinski definition) is 0. The summed E-state index contributed by atoms with van der Waals surface area (Å²) in [5.74, 6) is 0. The largest absolute Gasteiger partial charge is 0.373 e. The Morgan fingerprint density at radius 3 is 2.55 bits per heavy atom. The minimum absolute atomic E-state index is 0.392. The summed E-state index contributed by atoms with van der Waals surface area (Å²) in [6.45, 7) is 9.94. The van der Waals surface area contributed by atoms with Crippen molar-refractivity contribution in [1.82, 2.24) is 4.90 Å². The highest BCUT2D eigenvalue weighted by Crippen LogP contribution is 2.13. The normalized spacial score (nSPS) is 20.7. The van der Waals surface area contributed by atoms with Gasteiger partial charge >= 0.3 is 0 Å². The summed E-state index contributed by atoms with van der Waals surface area (Å²) in [6, 6.07) is 0. The van der Waals surface area contributed by atoms with E-state index in [1.807, 2.05) is 0 Å². The molecule has 0 atom stereocenters. The zero-order valence-electron chi connectivity index (χ0n) is 7.84. The number of nitrogens with zero attached hydrogens (tertiary/aromatic N) is 1. The van der Waals surface area contributed by atoms with Gasteiger partial charge < -0.3 is 4.74 Å². The van der Waals surface area contributed by atoms with Gasteiger partial charge in [0.15, 0.2) is 0 Å². The van der Waals surface area contributed by atoms with Crippen molar-refractivity contribution in [1.29, 1.82) is 0 Å². The van der Waals surface area contributed by atoms with Crippen molar-refractivity contribution in [2.24, 2.45) is 0 Å². The van der Waals surface area contributed by atoms with Crippen LogP contribution in [0.15, 0.2) is 0 Å². The average Bonchev–Trinajstić information content (AvgIpc) is 1.82. The van der Waals surface area contributed by atoms with Gasteiger partial charge in [-0.15, -0.1) is 0 Å². The van der Waals surface area contributed by atoms with Gasteiger partial charge in [0, 0.05) is 13.1 Å². The molecular weight excluding hydrogens is 138 g/mol. The maximum Gasteiger partial charge on any atom is 0.0832 e. The Kier molecular flexibility index (Phi) is 3.34. The van der Waals surface area contributed by atoms with E-state index in [-0.39, 0.29) is 0 Å². The van der Waals surface area contributed by atoms with Crippen LogP contribution in [0, 0.1) is 0 Å². The van der Waals surface area contributed by atoms with Crippen molar-refractivity contribution in [3.8, 4) is 0 Å². The predicted octanol–water partition coefficient (Wildman–Crippen LogP) is 1.51. The molecule has 0 N–H and O–H groups in total. The van der Waals surface area contributed by atoms with E-state index in [9.17, 15) is 0 Å². The fourth-order valence-corrected chi connectivity index (χ4v) is 1.49. The molecule has 0 saturated carbocycles. The molecule has 0 aromatic rings. The summed E-state index contributed by atoms with van der Waals surface area (Å²) < 4.78 is 5.62. The lowest BCUT2D eigenvalue weighted by atomic mass is 10.1. The molecule has 1 aliphatic heterocycles. The third-order valence-electron chi connectivity index (χ3n) is 1.93. The highest BCUT2D eigenvalue weighted by atomic mass is 16.5. The monoisotopic (exact) mass is 157 g/mol. The first-order chi connectivity index (χ1) is 5.22. The van der Waals surface area contributed by atoms with Crippen LogP contribution in [0.2, 0.25) is 0 Å². The second kappa shape index (κ2) is 4.07. The van der Waals surface area contributed by atoms with Crippen LogP contribution < -0.4 is 0 Å². The number of hydrogen-bond acceptors (Lipinski definition) is 2. The van der Waals surface area contributed by atoms with Crippen molar-refractivity contribution in [3.63, 3.8) is 0 Å². The molecule has 11 heavy (non-hydrogen) atoms. The molecule has 0 spiro atoms. The van der Waals surface area contributed by atoms with Crippen LogP contribution in [-0.4, -0.2) is 36.7 Å². The lowest BCUT2D eigenvalue weighted by molar-refractivity contribution is -0.0801. The van der Waals surface area contributed by atoms with Crippen LogP contribution in [0.4, 0.5) is 0 Å². The standard InChI is InChI=1S/C9H19NO/c1-4-5-10-6-9(7-10)11-8(2)3/h8-9H,4-7H2,1-3H3. The Labute approximate surface area is 69.5 Å². The maximum atomic E-state index is 5.62. The van der Waals surface area contributed by atoms with E-state index in [1.165, 1.54) is 13.0 Å². The second-order valence-electron chi connectivity index (χ2n) is 3.57. The first kappa shape index (κ1) is 9.01. The molecule has 0 amide bonds. The molecule has 66 valence electrons. The Bertz CT molecular complexity index is 108. The van der Waals surface area contributed by atoms with Gasteiger partial charge in [-0.05, 0) is 26.8 Å². The van der Waals surface area contributed by atoms with Crippen LogP contribution in [-0.2, 0) is 4.74 Å². The minimum Gasteiger partial charge on any atom is -0.373 e. The zero-order valence-corrected chi connectivity index (χ0v) is 7.84. The summed E-state index contributed by atoms with van der Waals surface area (Å²) >= 11 is 0. The third kappa shape index (κ3) is 2.80. The lowest BCUT2D eigenvalue weighted by Crippen LogP contribution is -2.52. The van der Waals surface area contributed by atoms with Gasteiger partial charge in [0.2, 0.25) is 0 Å². The first-order valence-electron chi connectivity index (χ1n) is 4.60. The van der Waals surface area contributed by atoms with Crippen LogP contribution in [0.25, 0.3) is 0 Å². The molecule has 1 fully saturated rings. The molecule has 2 heteroatoms. The maximum absolute atomic E-state index is 5.62. The molecule has 0 aliphatic carbocycles. The van der Waals surface area contributed by atoms with Gasteiger partial charge in [-0.1, -0.05) is 6.92 Å². The van der Waals surface area contributed by atoms with Crippen molar-refractivity contribution in [2.75, 3.05) is 19.6 Å². The molecule has 0 unspecified atom stereocenters. The quantitative estimate of drug-likeness (QED) is 0.613. The molecule has 1 heterocycles. The first-order valence-corrected chi connectivity index (χ1v) is 4.60. The molecule has 0 radical (unpaired) electrons. The number of likely N-dealkylation sites (tertiary alicyclic amines) is 1. The van der Waals surface area contributed by atoms with E-state index < -0.39 is 0 Å². The third-order valence-corrected chi connectivity index (χ3v) is 1.93. The van der Waals surface area contributed by atoms with Crippen molar-refractivity contribution in [3.05, 3.63) is 0 Å². The number of ether oxygens (including phenoxy) is 1. The predicted molar refractivity (Wildman–Crippen MR) is 46.7 cm³/mol. The van der Waals surface area contributed by atoms with Crippen LogP contribution >= 0.6 is 0 Å². The van der Waals surface area contributed by atoms with Crippen LogP contribution in [0.3, 0.4) is 0 Å². The van der Waals surface area contributed by atoms with E-state index >= 15 is 0 Å². The molecular formula is C9H19NO. The van der Waals surface area contributed by atoms with Gasteiger partial charge in [-0.25, -0.2) is 0 Å². The molecule has 1 rings (SSSR count). The molecule has 2 nitrogen and oxygen atoms in total. The van der Waals surface area contributed by atoms with Gasteiger partial charge in [-0.2, -0.15) is 0 Å². The Hall–Kier alpha value is -0.0800. The second-order valence-corrected chi connectivity index (χ2v) is 3.57. The molecule has 1 aliphatic rings. The lowest BCUT2D eigenvalue weighted by Gasteiger charge is -2.39. The highest BCUT2D eigenvalue weighted by Gasteiger charge is 2.26. The molecule has 0 bridgehead atoms. The van der Waals surface area contributed by atoms with E-state index in [2.05, 4.69) is 25.7 Å². The van der Waals surface area contributed by atoms with Gasteiger partial charge in [0.1, 0.15) is 0 Å². The SMILES string of the molecule is CCCN1CC(OC(C)C)C1. The van der Waals surface area contributed by atoms with Crippen molar-refractivity contribution in [2.45, 2.75) is 39.4 Å². The summed E-state index contributed by atoms with van der Waals surface area (Å²) in [6.07, 6.45) is 2.17. The van der Waals surface area contributed by atoms with Crippen molar-refractivity contribution >= 4 is 0 Å². The summed E-state index contributed by atoms with van der Waals surface area (Å²) in [5.41, 5.74) is 0. The Morgan fingerprint density at radius 2 is 2.09 bits per heavy atom. The smallest absolute Gasteiger partial charge is 0.0832 e. The highest BCUT2D eigenvalue weighted by molar-refractivity contribution is 4.80. The average molecular weight is 157 g/mol. The zero-order chi connectivity index (χ0) is 8.27. The minimum atomic E-state index is 0.392. The van der Waals surface area contributed by atoms with Gasteiger partial charge in [0.25, 0.3) is 0 Å². The molecule has 1 saturated heterocycles. The number of rotatable bonds is 4. The van der Waals surface area contributed by atoms with Crippen molar-refractivity contribution < 1.29 is 4.74 Å². The molecule has 0 aromatic carbocycles. The van der Waals surface area contributed by atoms with Crippen LogP contribution in [0.5, 0.6) is 0 Å². The van der Waals surface area contributed by atoms with Gasteiger partial charge in [-0.3, -0.25) is 4.90 Å². The van der Waals surface area contributed by atoms with E-state index in [4.69, 9.17) is 4.74 Å². The van der Waals surface area contributed by atoms with E-state index in [1.54, 1.807) is 0 Å². The fraction of sp³-hybridized carbons (Fsp3) is 1.00. The summed E-state index contributed by atoms with van der Waals surface area (Å²) in [4.78, 5) is 2.44. The topological polar surface area (TPSA) is 12.5 Å². The van der Waals surface area contributed by atoms with E-state index in [0.29, 0.717) is 12.2 Å². The Balaban J connectivity index is 2.00.